The van der Waals surface area contributed by atoms with Crippen LogP contribution in [0.2, 0.25) is 0 Å². The minimum Gasteiger partial charge on any atom is -0.493 e. The van der Waals surface area contributed by atoms with Gasteiger partial charge in [0.2, 0.25) is 0 Å². The monoisotopic (exact) mass is 376 g/mol. The summed E-state index contributed by atoms with van der Waals surface area (Å²) in [5.74, 6) is 1.46. The molecule has 1 aromatic carbocycles. The molecular formula is C21H32N2O4. The molecule has 0 aliphatic carbocycles. The molecular weight excluding hydrogens is 344 g/mol. The van der Waals surface area contributed by atoms with Crippen LogP contribution in [0.3, 0.4) is 0 Å². The Balaban J connectivity index is 1.60. The lowest BCUT2D eigenvalue weighted by Crippen LogP contribution is -2.42. The largest absolute Gasteiger partial charge is 0.493 e. The first kappa shape index (κ1) is 20.1. The highest BCUT2D eigenvalue weighted by molar-refractivity contribution is 5.46. The summed E-state index contributed by atoms with van der Waals surface area (Å²) in [6.07, 6.45) is 2.86. The first-order valence-electron chi connectivity index (χ1n) is 9.80. The van der Waals surface area contributed by atoms with E-state index in [9.17, 15) is 5.11 Å². The number of β-amino-alcohol motifs (C(OH)–C–C–N with tert-alkyl or cyclic N) is 1. The molecule has 2 aliphatic heterocycles. The van der Waals surface area contributed by atoms with Crippen molar-refractivity contribution < 1.29 is 19.3 Å². The molecule has 0 amide bonds. The van der Waals surface area contributed by atoms with Crippen LogP contribution in [0, 0.1) is 0 Å². The third-order valence-electron chi connectivity index (χ3n) is 5.19. The molecule has 2 heterocycles. The molecule has 1 aromatic rings. The van der Waals surface area contributed by atoms with Crippen molar-refractivity contribution in [2.75, 3.05) is 59.7 Å². The third kappa shape index (κ3) is 5.94. The Morgan fingerprint density at radius 3 is 2.70 bits per heavy atom. The second kappa shape index (κ2) is 10.1. The standard InChI is InChI=1S/C21H32N2O4/c1-17-6-8-22(9-7-17)14-18-4-3-5-20(25-2)21(18)27-16-19(24)15-23-10-12-26-13-11-23/h3-6,19,24H,7-16H2,1-2H3. The minimum atomic E-state index is -0.540. The van der Waals surface area contributed by atoms with Gasteiger partial charge in [-0.2, -0.15) is 0 Å². The Kier molecular flexibility index (Phi) is 7.52. The molecule has 0 spiro atoms. The highest BCUT2D eigenvalue weighted by atomic mass is 16.5. The maximum absolute atomic E-state index is 10.4. The number of rotatable bonds is 8. The van der Waals surface area contributed by atoms with E-state index >= 15 is 0 Å². The first-order valence-corrected chi connectivity index (χ1v) is 9.80. The molecule has 1 N–H and O–H groups in total. The van der Waals surface area contributed by atoms with Crippen molar-refractivity contribution in [2.24, 2.45) is 0 Å². The van der Waals surface area contributed by atoms with E-state index in [-0.39, 0.29) is 6.61 Å². The van der Waals surface area contributed by atoms with Gasteiger partial charge in [0.25, 0.3) is 0 Å². The fraction of sp³-hybridized carbons (Fsp3) is 0.619. The van der Waals surface area contributed by atoms with Crippen molar-refractivity contribution in [3.05, 3.63) is 35.4 Å². The van der Waals surface area contributed by atoms with E-state index < -0.39 is 6.10 Å². The van der Waals surface area contributed by atoms with Gasteiger partial charge < -0.3 is 19.3 Å². The molecule has 0 radical (unpaired) electrons. The van der Waals surface area contributed by atoms with Gasteiger partial charge in [-0.1, -0.05) is 23.8 Å². The average molecular weight is 376 g/mol. The minimum absolute atomic E-state index is 0.254. The summed E-state index contributed by atoms with van der Waals surface area (Å²) in [6, 6.07) is 5.99. The molecule has 6 nitrogen and oxygen atoms in total. The van der Waals surface area contributed by atoms with E-state index in [0.717, 1.165) is 69.4 Å². The Bertz CT molecular complexity index is 629. The maximum Gasteiger partial charge on any atom is 0.165 e. The predicted octanol–water partition coefficient (Wildman–Crippen LogP) is 1.92. The number of hydrogen-bond acceptors (Lipinski definition) is 6. The zero-order valence-corrected chi connectivity index (χ0v) is 16.5. The molecule has 0 aromatic heterocycles. The predicted molar refractivity (Wildman–Crippen MR) is 105 cm³/mol. The number of ether oxygens (including phenoxy) is 3. The number of morpholine rings is 1. The number of nitrogens with zero attached hydrogens (tertiary/aromatic N) is 2. The van der Waals surface area contributed by atoms with Crippen LogP contribution >= 0.6 is 0 Å². The number of aliphatic hydroxyl groups excluding tert-OH is 1. The Morgan fingerprint density at radius 1 is 1.19 bits per heavy atom. The molecule has 1 atom stereocenters. The summed E-state index contributed by atoms with van der Waals surface area (Å²) in [6.45, 7) is 9.05. The lowest BCUT2D eigenvalue weighted by molar-refractivity contribution is 0.00431. The van der Waals surface area contributed by atoms with E-state index in [4.69, 9.17) is 14.2 Å². The van der Waals surface area contributed by atoms with Crippen LogP contribution in [0.4, 0.5) is 0 Å². The van der Waals surface area contributed by atoms with Crippen molar-refractivity contribution >= 4 is 0 Å². The second-order valence-electron chi connectivity index (χ2n) is 7.36. The molecule has 27 heavy (non-hydrogen) atoms. The van der Waals surface area contributed by atoms with Crippen LogP contribution in [-0.4, -0.2) is 80.7 Å². The third-order valence-corrected chi connectivity index (χ3v) is 5.19. The molecule has 6 heteroatoms. The Hall–Kier alpha value is -1.60. The lowest BCUT2D eigenvalue weighted by Gasteiger charge is -2.29. The second-order valence-corrected chi connectivity index (χ2v) is 7.36. The Labute approximate surface area is 162 Å². The molecule has 2 aliphatic rings. The Morgan fingerprint density at radius 2 is 2.00 bits per heavy atom. The van der Waals surface area contributed by atoms with Crippen molar-refractivity contribution in [3.8, 4) is 11.5 Å². The number of hydrogen-bond donors (Lipinski definition) is 1. The summed E-state index contributed by atoms with van der Waals surface area (Å²) in [5, 5.41) is 10.4. The van der Waals surface area contributed by atoms with Gasteiger partial charge in [-0.25, -0.2) is 0 Å². The van der Waals surface area contributed by atoms with E-state index in [2.05, 4.69) is 28.9 Å². The summed E-state index contributed by atoms with van der Waals surface area (Å²) >= 11 is 0. The fourth-order valence-corrected chi connectivity index (χ4v) is 3.52. The van der Waals surface area contributed by atoms with Gasteiger partial charge in [0.15, 0.2) is 11.5 Å². The quantitative estimate of drug-likeness (QED) is 0.700. The van der Waals surface area contributed by atoms with Gasteiger partial charge in [0, 0.05) is 44.8 Å². The highest BCUT2D eigenvalue weighted by Crippen LogP contribution is 2.32. The maximum atomic E-state index is 10.4. The smallest absolute Gasteiger partial charge is 0.165 e. The fourth-order valence-electron chi connectivity index (χ4n) is 3.52. The van der Waals surface area contributed by atoms with Crippen molar-refractivity contribution in [2.45, 2.75) is 26.0 Å². The summed E-state index contributed by atoms with van der Waals surface area (Å²) in [5.41, 5.74) is 2.56. The first-order chi connectivity index (χ1) is 13.2. The average Bonchev–Trinajstić information content (AvgIpc) is 2.69. The molecule has 150 valence electrons. The van der Waals surface area contributed by atoms with E-state index in [1.54, 1.807) is 7.11 Å². The van der Waals surface area contributed by atoms with Crippen LogP contribution in [0.25, 0.3) is 0 Å². The molecule has 1 fully saturated rings. The number of para-hydroxylation sites is 1. The zero-order valence-electron chi connectivity index (χ0n) is 16.5. The van der Waals surface area contributed by atoms with E-state index in [1.165, 1.54) is 5.57 Å². The number of benzene rings is 1. The van der Waals surface area contributed by atoms with Crippen molar-refractivity contribution in [1.29, 1.82) is 0 Å². The number of aliphatic hydroxyl groups is 1. The normalized spacial score (nSPS) is 20.2. The highest BCUT2D eigenvalue weighted by Gasteiger charge is 2.19. The molecule has 1 saturated heterocycles. The lowest BCUT2D eigenvalue weighted by atomic mass is 10.1. The van der Waals surface area contributed by atoms with Crippen LogP contribution < -0.4 is 9.47 Å². The van der Waals surface area contributed by atoms with Crippen LogP contribution in [0.1, 0.15) is 18.9 Å². The molecule has 3 rings (SSSR count). The summed E-state index contributed by atoms with van der Waals surface area (Å²) in [7, 11) is 1.66. The SMILES string of the molecule is COc1cccc(CN2CC=C(C)CC2)c1OCC(O)CN1CCOCC1. The topological polar surface area (TPSA) is 54.4 Å². The van der Waals surface area contributed by atoms with Gasteiger partial charge in [-0.3, -0.25) is 9.80 Å². The number of methoxy groups -OCH3 is 1. The van der Waals surface area contributed by atoms with Crippen molar-refractivity contribution in [3.63, 3.8) is 0 Å². The van der Waals surface area contributed by atoms with Gasteiger partial charge in [0.1, 0.15) is 12.7 Å². The van der Waals surface area contributed by atoms with Gasteiger partial charge in [-0.05, 0) is 19.4 Å². The summed E-state index contributed by atoms with van der Waals surface area (Å²) < 4.78 is 16.9. The van der Waals surface area contributed by atoms with Crippen molar-refractivity contribution in [1.82, 2.24) is 9.80 Å². The van der Waals surface area contributed by atoms with E-state index in [1.807, 2.05) is 12.1 Å². The summed E-state index contributed by atoms with van der Waals surface area (Å²) in [4.78, 5) is 4.61. The van der Waals surface area contributed by atoms with Crippen LogP contribution in [0.15, 0.2) is 29.8 Å². The van der Waals surface area contributed by atoms with E-state index in [0.29, 0.717) is 6.54 Å². The van der Waals surface area contributed by atoms with Crippen LogP contribution in [-0.2, 0) is 11.3 Å². The van der Waals surface area contributed by atoms with Gasteiger partial charge >= 0.3 is 0 Å². The zero-order chi connectivity index (χ0) is 19.1. The van der Waals surface area contributed by atoms with Gasteiger partial charge in [0.05, 0.1) is 20.3 Å². The molecule has 0 saturated carbocycles. The van der Waals surface area contributed by atoms with Gasteiger partial charge in [-0.15, -0.1) is 0 Å². The van der Waals surface area contributed by atoms with Crippen LogP contribution in [0.5, 0.6) is 11.5 Å². The molecule has 1 unspecified atom stereocenters. The molecule has 0 bridgehead atoms.